The summed E-state index contributed by atoms with van der Waals surface area (Å²) in [5.74, 6) is 0. The van der Waals surface area contributed by atoms with Gasteiger partial charge in [0.25, 0.3) is 0 Å². The standard InChI is InChI=1S/C61H30B13NO/c1-61(2)37-18-7-5-13-32(37)35-17-9-15-30(45(35)61)28-21-24-29(25-22-28)75(38-19-8-6-14-33(38)34-16-10-20-39-40(34)36-26-23-27-11-3-4-12-31(27)60(36)76-39)59-57(73)52(68)44(53(69)58(59)74)42-48(64)46(62)41(47(63)49(42)65)43-50(66)54(70)56(72)55(71)51(43)67/h3-26H,1-2H3. The monoisotopic (exact) mass is 935 g/mol. The minimum atomic E-state index is -0.252. The maximum absolute atomic E-state index is 7.36. The molecule has 0 aliphatic heterocycles. The molecule has 12 rings (SSSR count). The van der Waals surface area contributed by atoms with E-state index in [1.54, 1.807) is 0 Å². The lowest BCUT2D eigenvalue weighted by Gasteiger charge is -2.35. The van der Waals surface area contributed by atoms with E-state index in [0.29, 0.717) is 17.1 Å². The van der Waals surface area contributed by atoms with E-state index in [-0.39, 0.29) is 98.7 Å². The van der Waals surface area contributed by atoms with Gasteiger partial charge in [0, 0.05) is 38.5 Å². The van der Waals surface area contributed by atoms with Crippen LogP contribution in [0, 0.1) is 0 Å². The molecular formula is C61H30B13NO. The van der Waals surface area contributed by atoms with E-state index in [2.05, 4.69) is 105 Å². The first-order valence-corrected chi connectivity index (χ1v) is 24.5. The van der Waals surface area contributed by atoms with Gasteiger partial charge in [0.2, 0.25) is 0 Å². The van der Waals surface area contributed by atoms with Crippen molar-refractivity contribution in [1.29, 1.82) is 0 Å². The first kappa shape index (κ1) is 49.8. The van der Waals surface area contributed by atoms with Crippen LogP contribution >= 0.6 is 0 Å². The van der Waals surface area contributed by atoms with Crippen molar-refractivity contribution in [3.8, 4) is 55.6 Å². The Hall–Kier alpha value is -7.10. The number of hydrogen-bond acceptors (Lipinski definition) is 2. The van der Waals surface area contributed by atoms with Gasteiger partial charge in [0.15, 0.2) is 0 Å². The van der Waals surface area contributed by atoms with Crippen molar-refractivity contribution < 1.29 is 4.42 Å². The van der Waals surface area contributed by atoms with Crippen LogP contribution in [0.5, 0.6) is 0 Å². The lowest BCUT2D eigenvalue weighted by atomic mass is 9.55. The fourth-order valence-electron chi connectivity index (χ4n) is 11.8. The number of hydrogen-bond donors (Lipinski definition) is 0. The predicted molar refractivity (Wildman–Crippen MR) is 335 cm³/mol. The van der Waals surface area contributed by atoms with Crippen LogP contribution < -0.4 is 75.9 Å². The minimum absolute atomic E-state index is 0.00204. The molecule has 0 spiro atoms. The minimum Gasteiger partial charge on any atom is -0.455 e. The summed E-state index contributed by atoms with van der Waals surface area (Å²) in [6, 6.07) is 49.9. The number of nitrogens with zero attached hydrogens (tertiary/aromatic N) is 1. The second-order valence-corrected chi connectivity index (χ2v) is 20.0. The van der Waals surface area contributed by atoms with Crippen molar-refractivity contribution in [3.63, 3.8) is 0 Å². The normalized spacial score (nSPS) is 12.6. The van der Waals surface area contributed by atoms with Crippen molar-refractivity contribution in [2.24, 2.45) is 0 Å². The third-order valence-electron chi connectivity index (χ3n) is 15.5. The summed E-state index contributed by atoms with van der Waals surface area (Å²) in [5.41, 5.74) is 12.0. The second-order valence-electron chi connectivity index (χ2n) is 20.0. The molecule has 26 radical (unpaired) electrons. The third kappa shape index (κ3) is 7.20. The molecule has 1 aliphatic rings. The van der Waals surface area contributed by atoms with Gasteiger partial charge in [-0.25, -0.2) is 0 Å². The topological polar surface area (TPSA) is 16.4 Å². The lowest BCUT2D eigenvalue weighted by Crippen LogP contribution is -2.57. The van der Waals surface area contributed by atoms with Crippen molar-refractivity contribution >= 4 is 223 Å². The average Bonchev–Trinajstić information content (AvgIpc) is 4.03. The van der Waals surface area contributed by atoms with Crippen LogP contribution in [0.2, 0.25) is 0 Å². The maximum atomic E-state index is 7.36. The molecule has 324 valence electrons. The van der Waals surface area contributed by atoms with Crippen LogP contribution in [0.3, 0.4) is 0 Å². The molecule has 76 heavy (non-hydrogen) atoms. The molecule has 0 atom stereocenters. The van der Waals surface area contributed by atoms with E-state index >= 15 is 0 Å². The molecule has 2 nitrogen and oxygen atoms in total. The Morgan fingerprint density at radius 3 is 1.47 bits per heavy atom. The fraction of sp³-hybridized carbons (Fsp3) is 0.0492. The highest BCUT2D eigenvalue weighted by Gasteiger charge is 2.37. The summed E-state index contributed by atoms with van der Waals surface area (Å²) in [5, 5.41) is 3.97. The fourth-order valence-corrected chi connectivity index (χ4v) is 11.8. The van der Waals surface area contributed by atoms with Gasteiger partial charge in [-0.1, -0.05) is 184 Å². The molecule has 10 aromatic carbocycles. The average molecular weight is 933 g/mol. The molecule has 0 N–H and O–H groups in total. The molecule has 0 fully saturated rings. The Kier molecular flexibility index (Phi) is 12.0. The van der Waals surface area contributed by atoms with Crippen LogP contribution in [-0.4, -0.2) is 102 Å². The number of anilines is 3. The maximum Gasteiger partial charge on any atom is 0.143 e. The highest BCUT2D eigenvalue weighted by molar-refractivity contribution is 6.72. The molecule has 11 aromatic rings. The van der Waals surface area contributed by atoms with Gasteiger partial charge < -0.3 is 9.32 Å². The van der Waals surface area contributed by atoms with E-state index in [1.807, 2.05) is 59.5 Å². The first-order valence-electron chi connectivity index (χ1n) is 24.5. The van der Waals surface area contributed by atoms with Gasteiger partial charge in [0.1, 0.15) is 113 Å². The predicted octanol–water partition coefficient (Wildman–Crippen LogP) is 1.50. The smallest absolute Gasteiger partial charge is 0.143 e. The molecule has 0 saturated carbocycles. The zero-order valence-electron chi connectivity index (χ0n) is 41.7. The number of furan rings is 1. The van der Waals surface area contributed by atoms with Gasteiger partial charge in [-0.05, 0) is 96.9 Å². The van der Waals surface area contributed by atoms with Gasteiger partial charge in [0.05, 0.1) is 5.69 Å². The number of para-hydroxylation sites is 1. The van der Waals surface area contributed by atoms with E-state index in [0.717, 1.165) is 55.0 Å². The summed E-state index contributed by atoms with van der Waals surface area (Å²) in [6.45, 7) is 4.56. The number of fused-ring (bicyclic) bond motifs is 8. The second kappa shape index (κ2) is 18.3. The molecule has 0 bridgehead atoms. The Bertz CT molecular complexity index is 4230. The zero-order valence-corrected chi connectivity index (χ0v) is 41.7. The van der Waals surface area contributed by atoms with Crippen molar-refractivity contribution in [1.82, 2.24) is 0 Å². The highest BCUT2D eigenvalue weighted by Crippen LogP contribution is 2.52. The van der Waals surface area contributed by atoms with E-state index < -0.39 is 0 Å². The first-order chi connectivity index (χ1) is 36.4. The van der Waals surface area contributed by atoms with Crippen molar-refractivity contribution in [3.05, 3.63) is 157 Å². The highest BCUT2D eigenvalue weighted by atomic mass is 16.3. The van der Waals surface area contributed by atoms with Gasteiger partial charge in [-0.15, -0.1) is 16.4 Å². The van der Waals surface area contributed by atoms with Gasteiger partial charge >= 0.3 is 0 Å². The Balaban J connectivity index is 1.08. The molecule has 0 unspecified atom stereocenters. The number of rotatable bonds is 7. The molecule has 0 saturated heterocycles. The summed E-state index contributed by atoms with van der Waals surface area (Å²) >= 11 is 0. The summed E-state index contributed by atoms with van der Waals surface area (Å²) < 4.78 is 6.69. The molecule has 1 aliphatic carbocycles. The molecule has 0 amide bonds. The molecular weight excluding hydrogens is 903 g/mol. The SMILES string of the molecule is [B]c1c([B])c([B])c(-c2c([B])c([B])c(-c3c([B])c([B])c(N(c4ccc(-c5cccc6c5C(C)(C)c5ccccc5-6)cc4)c4ccccc4-c4cccc5oc6c7ccccc7ccc6c45)c([B])c3[B])c([B])c2[B])c([B])c1[B]. The largest absolute Gasteiger partial charge is 0.455 e. The van der Waals surface area contributed by atoms with Crippen molar-refractivity contribution in [2.45, 2.75) is 19.3 Å². The van der Waals surface area contributed by atoms with Gasteiger partial charge in [-0.3, -0.25) is 0 Å². The quantitative estimate of drug-likeness (QED) is 0.226. The summed E-state index contributed by atoms with van der Waals surface area (Å²) in [6.07, 6.45) is 0. The van der Waals surface area contributed by atoms with E-state index in [1.165, 1.54) is 22.3 Å². The molecule has 1 heterocycles. The van der Waals surface area contributed by atoms with E-state index in [4.69, 9.17) is 106 Å². The Morgan fingerprint density at radius 1 is 0.368 bits per heavy atom. The molecule has 15 heteroatoms. The lowest BCUT2D eigenvalue weighted by molar-refractivity contribution is 0.662. The third-order valence-corrected chi connectivity index (χ3v) is 15.5. The van der Waals surface area contributed by atoms with Crippen molar-refractivity contribution in [2.75, 3.05) is 4.90 Å². The zero-order chi connectivity index (χ0) is 53.4. The summed E-state index contributed by atoms with van der Waals surface area (Å²) in [7, 11) is 88.3. The Labute approximate surface area is 460 Å². The number of benzene rings is 10. The van der Waals surface area contributed by atoms with E-state index in [9.17, 15) is 0 Å². The van der Waals surface area contributed by atoms with Crippen LogP contribution in [0.25, 0.3) is 88.3 Å². The van der Waals surface area contributed by atoms with Crippen LogP contribution in [0.4, 0.5) is 17.1 Å². The summed E-state index contributed by atoms with van der Waals surface area (Å²) in [4.78, 5) is 1.98. The molecule has 1 aromatic heterocycles. The van der Waals surface area contributed by atoms with Gasteiger partial charge in [-0.2, -0.15) is 0 Å². The van der Waals surface area contributed by atoms with Crippen LogP contribution in [-0.2, 0) is 5.41 Å². The van der Waals surface area contributed by atoms with Crippen LogP contribution in [0.1, 0.15) is 25.0 Å². The Morgan fingerprint density at radius 2 is 0.842 bits per heavy atom. The van der Waals surface area contributed by atoms with Crippen LogP contribution in [0.15, 0.2) is 150 Å².